The fourth-order valence-corrected chi connectivity index (χ4v) is 4.09. The van der Waals surface area contributed by atoms with Crippen molar-refractivity contribution in [1.29, 1.82) is 0 Å². The van der Waals surface area contributed by atoms with E-state index in [2.05, 4.69) is 15.3 Å². The highest BCUT2D eigenvalue weighted by Crippen LogP contribution is 2.31. The van der Waals surface area contributed by atoms with Crippen LogP contribution in [0.2, 0.25) is 0 Å². The molecule has 2 aromatic heterocycles. The first-order valence-corrected chi connectivity index (χ1v) is 9.36. The van der Waals surface area contributed by atoms with Crippen LogP contribution in [0, 0.1) is 6.92 Å². The van der Waals surface area contributed by atoms with Gasteiger partial charge in [0, 0.05) is 10.9 Å². The molecule has 138 valence electrons. The molecule has 4 rings (SSSR count). The van der Waals surface area contributed by atoms with Gasteiger partial charge in [-0.2, -0.15) is 0 Å². The highest BCUT2D eigenvalue weighted by Gasteiger charge is 2.44. The van der Waals surface area contributed by atoms with Crippen molar-refractivity contribution in [3.8, 4) is 11.1 Å². The summed E-state index contributed by atoms with van der Waals surface area (Å²) in [5.74, 6) is -0.0622. The molecule has 1 saturated heterocycles. The van der Waals surface area contributed by atoms with Crippen molar-refractivity contribution in [2.75, 3.05) is 0 Å². The summed E-state index contributed by atoms with van der Waals surface area (Å²) in [6.07, 6.45) is 0. The van der Waals surface area contributed by atoms with Crippen LogP contribution in [0.25, 0.3) is 21.3 Å². The SMILES string of the molecule is Cc1ccc(-c2csc3nc(CN4C(=O)NC(C)(C)C4=O)[nH]c(=O)c23)cc1. The van der Waals surface area contributed by atoms with E-state index < -0.39 is 11.6 Å². The van der Waals surface area contributed by atoms with Gasteiger partial charge in [0.25, 0.3) is 11.5 Å². The fourth-order valence-electron chi connectivity index (χ4n) is 3.13. The van der Waals surface area contributed by atoms with Crippen molar-refractivity contribution in [2.24, 2.45) is 0 Å². The molecule has 0 spiro atoms. The van der Waals surface area contributed by atoms with E-state index in [1.807, 2.05) is 36.6 Å². The van der Waals surface area contributed by atoms with Gasteiger partial charge in [-0.3, -0.25) is 14.5 Å². The molecule has 0 unspecified atom stereocenters. The van der Waals surface area contributed by atoms with Crippen LogP contribution in [0.3, 0.4) is 0 Å². The van der Waals surface area contributed by atoms with E-state index >= 15 is 0 Å². The van der Waals surface area contributed by atoms with Crippen molar-refractivity contribution in [3.63, 3.8) is 0 Å². The lowest BCUT2D eigenvalue weighted by molar-refractivity contribution is -0.130. The number of aryl methyl sites for hydroxylation is 1. The lowest BCUT2D eigenvalue weighted by atomic mass is 10.1. The maximum atomic E-state index is 12.7. The molecule has 8 heteroatoms. The van der Waals surface area contributed by atoms with E-state index in [0.29, 0.717) is 10.2 Å². The van der Waals surface area contributed by atoms with Crippen LogP contribution in [0.4, 0.5) is 4.79 Å². The molecule has 1 aliphatic heterocycles. The van der Waals surface area contributed by atoms with Crippen molar-refractivity contribution in [3.05, 3.63) is 51.4 Å². The van der Waals surface area contributed by atoms with Crippen LogP contribution in [0.15, 0.2) is 34.4 Å². The number of carbonyl (C=O) groups excluding carboxylic acids is 2. The summed E-state index contributed by atoms with van der Waals surface area (Å²) >= 11 is 1.37. The van der Waals surface area contributed by atoms with E-state index in [9.17, 15) is 14.4 Å². The van der Waals surface area contributed by atoms with E-state index in [0.717, 1.165) is 21.6 Å². The van der Waals surface area contributed by atoms with Gasteiger partial charge in [-0.1, -0.05) is 29.8 Å². The number of fused-ring (bicyclic) bond motifs is 1. The molecular formula is C19H18N4O3S. The molecule has 0 bridgehead atoms. The predicted molar refractivity (Wildman–Crippen MR) is 104 cm³/mol. The Kier molecular flexibility index (Phi) is 3.88. The smallest absolute Gasteiger partial charge is 0.324 e. The third-order valence-corrected chi connectivity index (χ3v) is 5.48. The average Bonchev–Trinajstić information content (AvgIpc) is 3.10. The van der Waals surface area contributed by atoms with Crippen molar-refractivity contribution in [2.45, 2.75) is 32.9 Å². The third kappa shape index (κ3) is 2.91. The van der Waals surface area contributed by atoms with Gasteiger partial charge in [0.1, 0.15) is 16.2 Å². The summed E-state index contributed by atoms with van der Waals surface area (Å²) in [6.45, 7) is 5.21. The average molecular weight is 382 g/mol. The minimum Gasteiger partial charge on any atom is -0.324 e. The second-order valence-electron chi connectivity index (χ2n) is 7.15. The van der Waals surface area contributed by atoms with Gasteiger partial charge in [-0.25, -0.2) is 9.78 Å². The van der Waals surface area contributed by atoms with Gasteiger partial charge >= 0.3 is 6.03 Å². The van der Waals surface area contributed by atoms with Crippen molar-refractivity contribution < 1.29 is 9.59 Å². The molecule has 3 heterocycles. The Bertz CT molecular complexity index is 1130. The Morgan fingerprint density at radius 2 is 1.85 bits per heavy atom. The topological polar surface area (TPSA) is 95.2 Å². The van der Waals surface area contributed by atoms with Gasteiger partial charge in [-0.15, -0.1) is 11.3 Å². The standard InChI is InChI=1S/C19H18N4O3S/c1-10-4-6-11(7-5-10)12-9-27-16-14(12)15(24)20-13(21-16)8-23-17(25)19(2,3)22-18(23)26/h4-7,9H,8H2,1-3H3,(H,22,26)(H,20,21,24). The number of benzene rings is 1. The number of H-pyrrole nitrogens is 1. The number of nitrogens with one attached hydrogen (secondary N) is 2. The number of thiophene rings is 1. The maximum Gasteiger partial charge on any atom is 0.325 e. The zero-order valence-corrected chi connectivity index (χ0v) is 15.9. The second kappa shape index (κ2) is 6.02. The summed E-state index contributed by atoms with van der Waals surface area (Å²) in [5, 5.41) is 5.04. The zero-order valence-electron chi connectivity index (χ0n) is 15.1. The number of aromatic nitrogens is 2. The summed E-state index contributed by atoms with van der Waals surface area (Å²) in [4.78, 5) is 45.9. The quantitative estimate of drug-likeness (QED) is 0.681. The van der Waals surface area contributed by atoms with Crippen LogP contribution in [-0.4, -0.2) is 32.3 Å². The van der Waals surface area contributed by atoms with Crippen molar-refractivity contribution >= 4 is 33.5 Å². The number of rotatable bonds is 3. The normalized spacial score (nSPS) is 16.2. The third-order valence-electron chi connectivity index (χ3n) is 4.61. The number of nitrogens with zero attached hydrogens (tertiary/aromatic N) is 2. The number of hydrogen-bond donors (Lipinski definition) is 2. The highest BCUT2D eigenvalue weighted by atomic mass is 32.1. The summed E-state index contributed by atoms with van der Waals surface area (Å²) in [7, 11) is 0. The molecule has 2 N–H and O–H groups in total. The van der Waals surface area contributed by atoms with E-state index in [-0.39, 0.29) is 23.8 Å². The van der Waals surface area contributed by atoms with Gasteiger partial charge < -0.3 is 10.3 Å². The van der Waals surface area contributed by atoms with E-state index in [1.165, 1.54) is 11.3 Å². The predicted octanol–water partition coefficient (Wildman–Crippen LogP) is 2.79. The molecule has 0 atom stereocenters. The van der Waals surface area contributed by atoms with Gasteiger partial charge in [-0.05, 0) is 26.3 Å². The number of amides is 3. The Balaban J connectivity index is 1.72. The number of imide groups is 1. The molecule has 7 nitrogen and oxygen atoms in total. The van der Waals surface area contributed by atoms with Gasteiger partial charge in [0.05, 0.1) is 11.9 Å². The molecule has 3 aromatic rings. The molecule has 3 amide bonds. The molecule has 27 heavy (non-hydrogen) atoms. The fraction of sp³-hybridized carbons (Fsp3) is 0.263. The molecule has 0 aliphatic carbocycles. The lowest BCUT2D eigenvalue weighted by Gasteiger charge is -2.15. The highest BCUT2D eigenvalue weighted by molar-refractivity contribution is 7.17. The van der Waals surface area contributed by atoms with Crippen LogP contribution >= 0.6 is 11.3 Å². The van der Waals surface area contributed by atoms with E-state index in [4.69, 9.17) is 0 Å². The minimum absolute atomic E-state index is 0.0724. The molecule has 1 aliphatic rings. The van der Waals surface area contributed by atoms with Crippen LogP contribution in [-0.2, 0) is 11.3 Å². The number of aromatic amines is 1. The van der Waals surface area contributed by atoms with Gasteiger partial charge in [0.2, 0.25) is 0 Å². The molecular weight excluding hydrogens is 364 g/mol. The Hall–Kier alpha value is -3.00. The molecule has 1 fully saturated rings. The minimum atomic E-state index is -0.955. The van der Waals surface area contributed by atoms with Gasteiger partial charge in [0.15, 0.2) is 0 Å². The lowest BCUT2D eigenvalue weighted by Crippen LogP contribution is -2.40. The van der Waals surface area contributed by atoms with Crippen LogP contribution in [0.5, 0.6) is 0 Å². The Morgan fingerprint density at radius 1 is 1.15 bits per heavy atom. The van der Waals surface area contributed by atoms with E-state index in [1.54, 1.807) is 13.8 Å². The molecule has 0 radical (unpaired) electrons. The Morgan fingerprint density at radius 3 is 2.48 bits per heavy atom. The van der Waals surface area contributed by atoms with Crippen molar-refractivity contribution in [1.82, 2.24) is 20.2 Å². The summed E-state index contributed by atoms with van der Waals surface area (Å²) < 4.78 is 0. The number of hydrogen-bond acceptors (Lipinski definition) is 5. The maximum absolute atomic E-state index is 12.7. The first kappa shape index (κ1) is 17.4. The first-order valence-electron chi connectivity index (χ1n) is 8.48. The Labute approximate surface area is 159 Å². The molecule has 1 aromatic carbocycles. The zero-order chi connectivity index (χ0) is 19.3. The first-order chi connectivity index (χ1) is 12.8. The summed E-state index contributed by atoms with van der Waals surface area (Å²) in [5.41, 5.74) is 1.68. The molecule has 0 saturated carbocycles. The summed E-state index contributed by atoms with van der Waals surface area (Å²) in [6, 6.07) is 7.45. The van der Waals surface area contributed by atoms with Crippen LogP contribution in [0.1, 0.15) is 25.2 Å². The number of carbonyl (C=O) groups is 2. The van der Waals surface area contributed by atoms with Crippen LogP contribution < -0.4 is 10.9 Å². The monoisotopic (exact) mass is 382 g/mol. The number of urea groups is 1. The largest absolute Gasteiger partial charge is 0.325 e. The second-order valence-corrected chi connectivity index (χ2v) is 8.01.